The molecule has 12 heteroatoms. The Bertz CT molecular complexity index is 1670. The SMILES string of the molecule is COc1cccc(OC)c1-n1c(CS(=O)(=O)[C@H](C)[C@@H](OC)c2cn3ccccc3n2)nnc1-c1ccc(C)o1. The quantitative estimate of drug-likeness (QED) is 0.251. The van der Waals surface area contributed by atoms with E-state index in [1.165, 1.54) is 21.3 Å². The number of imidazole rings is 1. The van der Waals surface area contributed by atoms with Crippen molar-refractivity contribution in [2.75, 3.05) is 21.3 Å². The number of furan rings is 1. The van der Waals surface area contributed by atoms with Crippen LogP contribution in [-0.2, 0) is 20.3 Å². The third-order valence-corrected chi connectivity index (χ3v) is 8.61. The summed E-state index contributed by atoms with van der Waals surface area (Å²) in [6, 6.07) is 14.4. The van der Waals surface area contributed by atoms with Crippen LogP contribution in [0.25, 0.3) is 22.9 Å². The molecule has 11 nitrogen and oxygen atoms in total. The van der Waals surface area contributed by atoms with Crippen molar-refractivity contribution in [3.8, 4) is 28.8 Å². The Morgan fingerprint density at radius 3 is 2.33 bits per heavy atom. The summed E-state index contributed by atoms with van der Waals surface area (Å²) in [6.45, 7) is 3.42. The highest BCUT2D eigenvalue weighted by Crippen LogP contribution is 2.37. The molecule has 0 aliphatic heterocycles. The molecular formula is C27H29N5O6S. The number of sulfone groups is 1. The van der Waals surface area contributed by atoms with Crippen molar-refractivity contribution in [2.45, 2.75) is 31.0 Å². The van der Waals surface area contributed by atoms with Crippen LogP contribution in [-0.4, -0.2) is 59.1 Å². The predicted octanol–water partition coefficient (Wildman–Crippen LogP) is 4.19. The topological polar surface area (TPSA) is 123 Å². The lowest BCUT2D eigenvalue weighted by Gasteiger charge is -2.22. The van der Waals surface area contributed by atoms with Gasteiger partial charge >= 0.3 is 0 Å². The van der Waals surface area contributed by atoms with Crippen molar-refractivity contribution >= 4 is 15.5 Å². The molecule has 0 N–H and O–H groups in total. The number of hydrogen-bond donors (Lipinski definition) is 0. The number of rotatable bonds is 10. The predicted molar refractivity (Wildman–Crippen MR) is 144 cm³/mol. The van der Waals surface area contributed by atoms with Gasteiger partial charge in [0.2, 0.25) is 5.82 Å². The van der Waals surface area contributed by atoms with Crippen LogP contribution in [0.15, 0.2) is 65.3 Å². The molecule has 0 saturated carbocycles. The molecule has 0 spiro atoms. The average Bonchev–Trinajstić information content (AvgIpc) is 3.66. The van der Waals surface area contributed by atoms with Crippen LogP contribution in [0.5, 0.6) is 11.5 Å². The molecule has 0 aliphatic carbocycles. The monoisotopic (exact) mass is 551 g/mol. The first-order valence-electron chi connectivity index (χ1n) is 12.2. The number of aromatic nitrogens is 5. The summed E-state index contributed by atoms with van der Waals surface area (Å²) in [4.78, 5) is 4.58. The van der Waals surface area contributed by atoms with Gasteiger partial charge < -0.3 is 23.0 Å². The van der Waals surface area contributed by atoms with E-state index in [0.29, 0.717) is 45.9 Å². The molecule has 204 valence electrons. The Morgan fingerprint density at radius 2 is 1.72 bits per heavy atom. The fraction of sp³-hybridized carbons (Fsp3) is 0.296. The zero-order valence-electron chi connectivity index (χ0n) is 22.2. The standard InChI is InChI=1S/C27H29N5O6S/c1-17-12-13-22(38-17)27-30-29-24(32(27)25-20(35-3)9-8-10-21(25)36-4)16-39(33,34)18(2)26(37-5)19-15-31-14-7-6-11-23(31)28-19/h6-15,18,26H,16H2,1-5H3/t18-,26-/m1/s1. The number of pyridine rings is 1. The number of nitrogens with zero attached hydrogens (tertiary/aromatic N) is 5. The second-order valence-electron chi connectivity index (χ2n) is 9.00. The van der Waals surface area contributed by atoms with Crippen LogP contribution in [0.4, 0.5) is 0 Å². The number of methoxy groups -OCH3 is 3. The second kappa shape index (κ2) is 10.5. The Labute approximate surface area is 225 Å². The first kappa shape index (κ1) is 26.4. The Kier molecular flexibility index (Phi) is 7.15. The van der Waals surface area contributed by atoms with E-state index in [1.54, 1.807) is 48.0 Å². The molecule has 0 fully saturated rings. The summed E-state index contributed by atoms with van der Waals surface area (Å²) < 4.78 is 53.8. The number of hydrogen-bond acceptors (Lipinski definition) is 9. The molecule has 4 aromatic heterocycles. The van der Waals surface area contributed by atoms with Gasteiger partial charge in [-0.3, -0.25) is 4.57 Å². The maximum Gasteiger partial charge on any atom is 0.204 e. The summed E-state index contributed by atoms with van der Waals surface area (Å²) in [5.41, 5.74) is 1.66. The fourth-order valence-electron chi connectivity index (χ4n) is 4.56. The Balaban J connectivity index is 1.59. The van der Waals surface area contributed by atoms with Gasteiger partial charge in [0.25, 0.3) is 0 Å². The fourth-order valence-corrected chi connectivity index (χ4v) is 5.99. The van der Waals surface area contributed by atoms with Crippen molar-refractivity contribution in [1.82, 2.24) is 24.1 Å². The van der Waals surface area contributed by atoms with Crippen LogP contribution >= 0.6 is 0 Å². The van der Waals surface area contributed by atoms with Gasteiger partial charge in [-0.05, 0) is 50.2 Å². The number of fused-ring (bicyclic) bond motifs is 1. The van der Waals surface area contributed by atoms with Crippen molar-refractivity contribution in [3.63, 3.8) is 0 Å². The lowest BCUT2D eigenvalue weighted by Crippen LogP contribution is -2.29. The molecule has 5 aromatic rings. The molecule has 0 aliphatic rings. The molecule has 39 heavy (non-hydrogen) atoms. The zero-order chi connectivity index (χ0) is 27.7. The maximum absolute atomic E-state index is 13.8. The van der Waals surface area contributed by atoms with Gasteiger partial charge in [-0.25, -0.2) is 13.4 Å². The Hall–Kier alpha value is -4.16. The van der Waals surface area contributed by atoms with Gasteiger partial charge in [0.1, 0.15) is 40.5 Å². The van der Waals surface area contributed by atoms with E-state index in [-0.39, 0.29) is 5.82 Å². The van der Waals surface area contributed by atoms with Crippen LogP contribution in [0, 0.1) is 6.92 Å². The number of para-hydroxylation sites is 1. The lowest BCUT2D eigenvalue weighted by molar-refractivity contribution is 0.0991. The highest BCUT2D eigenvalue weighted by molar-refractivity contribution is 7.91. The highest BCUT2D eigenvalue weighted by atomic mass is 32.2. The zero-order valence-corrected chi connectivity index (χ0v) is 23.0. The summed E-state index contributed by atoms with van der Waals surface area (Å²) >= 11 is 0. The molecule has 0 bridgehead atoms. The molecule has 0 radical (unpaired) electrons. The van der Waals surface area contributed by atoms with Gasteiger partial charge in [-0.2, -0.15) is 0 Å². The number of benzene rings is 1. The minimum absolute atomic E-state index is 0.165. The van der Waals surface area contributed by atoms with Gasteiger partial charge in [-0.15, -0.1) is 10.2 Å². The molecule has 0 unspecified atom stereocenters. The van der Waals surface area contributed by atoms with Crippen LogP contribution in [0.2, 0.25) is 0 Å². The average molecular weight is 552 g/mol. The van der Waals surface area contributed by atoms with Crippen molar-refractivity contribution < 1.29 is 27.0 Å². The summed E-state index contributed by atoms with van der Waals surface area (Å²) in [6.07, 6.45) is 2.81. The Morgan fingerprint density at radius 1 is 0.974 bits per heavy atom. The molecule has 0 saturated heterocycles. The van der Waals surface area contributed by atoms with E-state index in [9.17, 15) is 8.42 Å². The summed E-state index contributed by atoms with van der Waals surface area (Å²) in [7, 11) is 0.666. The molecular weight excluding hydrogens is 522 g/mol. The highest BCUT2D eigenvalue weighted by Gasteiger charge is 2.35. The van der Waals surface area contributed by atoms with Crippen LogP contribution in [0.1, 0.15) is 30.3 Å². The molecule has 0 amide bonds. The minimum Gasteiger partial charge on any atom is -0.494 e. The van der Waals surface area contributed by atoms with Gasteiger partial charge in [-0.1, -0.05) is 12.1 Å². The van der Waals surface area contributed by atoms with Crippen molar-refractivity contribution in [1.29, 1.82) is 0 Å². The normalized spacial score (nSPS) is 13.5. The first-order valence-corrected chi connectivity index (χ1v) is 13.9. The third kappa shape index (κ3) is 4.88. The van der Waals surface area contributed by atoms with Crippen molar-refractivity contribution in [2.24, 2.45) is 0 Å². The van der Waals surface area contributed by atoms with E-state index in [1.807, 2.05) is 35.7 Å². The van der Waals surface area contributed by atoms with Gasteiger partial charge in [0.05, 0.1) is 25.2 Å². The second-order valence-corrected chi connectivity index (χ2v) is 11.4. The van der Waals surface area contributed by atoms with Crippen LogP contribution in [0.3, 0.4) is 0 Å². The smallest absolute Gasteiger partial charge is 0.204 e. The van der Waals surface area contributed by atoms with Gasteiger partial charge in [0.15, 0.2) is 21.4 Å². The largest absolute Gasteiger partial charge is 0.494 e. The third-order valence-electron chi connectivity index (χ3n) is 6.57. The summed E-state index contributed by atoms with van der Waals surface area (Å²) in [5, 5.41) is 7.66. The van der Waals surface area contributed by atoms with E-state index in [2.05, 4.69) is 15.2 Å². The molecule has 2 atom stereocenters. The van der Waals surface area contributed by atoms with E-state index in [0.717, 1.165) is 0 Å². The number of ether oxygens (including phenoxy) is 3. The summed E-state index contributed by atoms with van der Waals surface area (Å²) in [5.74, 6) is 2.03. The molecule has 1 aromatic carbocycles. The molecule has 5 rings (SSSR count). The first-order chi connectivity index (χ1) is 18.8. The maximum atomic E-state index is 13.8. The number of aryl methyl sites for hydroxylation is 1. The van der Waals surface area contributed by atoms with E-state index in [4.69, 9.17) is 18.6 Å². The van der Waals surface area contributed by atoms with E-state index < -0.39 is 26.9 Å². The van der Waals surface area contributed by atoms with Gasteiger partial charge in [0, 0.05) is 19.5 Å². The van der Waals surface area contributed by atoms with E-state index >= 15 is 0 Å². The lowest BCUT2D eigenvalue weighted by atomic mass is 10.2. The van der Waals surface area contributed by atoms with Crippen molar-refractivity contribution in [3.05, 3.63) is 78.2 Å². The van der Waals surface area contributed by atoms with Crippen LogP contribution < -0.4 is 9.47 Å². The minimum atomic E-state index is -3.85. The molecule has 4 heterocycles.